The minimum atomic E-state index is -0.860. The molecule has 0 aliphatic carbocycles. The second-order valence-electron chi connectivity index (χ2n) is 11.3. The van der Waals surface area contributed by atoms with E-state index in [-0.39, 0.29) is 0 Å². The molecule has 0 aliphatic rings. The third-order valence-electron chi connectivity index (χ3n) is 8.32. The standard InChI is InChI=1S/C33H69NO6/c1-8-29-34(30-25-21-17-13-9-11-15-19-23-27-32(35-2,36-3)37-4)31-26-22-18-14-10-12-16-20-24-28-33(38-5,39-6)40-7/h8-31H2,1-7H3. The summed E-state index contributed by atoms with van der Waals surface area (Å²) in [5.41, 5.74) is 0. The van der Waals surface area contributed by atoms with Crippen LogP contribution in [-0.4, -0.2) is 79.1 Å². The van der Waals surface area contributed by atoms with Crippen LogP contribution in [0.3, 0.4) is 0 Å². The lowest BCUT2D eigenvalue weighted by atomic mass is 10.1. The maximum atomic E-state index is 5.36. The Morgan fingerprint density at radius 1 is 0.350 bits per heavy atom. The van der Waals surface area contributed by atoms with Gasteiger partial charge in [0.1, 0.15) is 0 Å². The highest BCUT2D eigenvalue weighted by atomic mass is 16.9. The Labute approximate surface area is 249 Å². The van der Waals surface area contributed by atoms with Gasteiger partial charge in [-0.1, -0.05) is 96.8 Å². The molecule has 7 nitrogen and oxygen atoms in total. The number of rotatable bonds is 32. The molecule has 0 bridgehead atoms. The number of hydrogen-bond acceptors (Lipinski definition) is 7. The van der Waals surface area contributed by atoms with E-state index < -0.39 is 11.9 Å². The van der Waals surface area contributed by atoms with Crippen molar-refractivity contribution in [2.24, 2.45) is 0 Å². The van der Waals surface area contributed by atoms with Gasteiger partial charge in [-0.15, -0.1) is 0 Å². The van der Waals surface area contributed by atoms with Gasteiger partial charge in [-0.2, -0.15) is 0 Å². The number of hydrogen-bond donors (Lipinski definition) is 0. The van der Waals surface area contributed by atoms with Crippen molar-refractivity contribution in [3.8, 4) is 0 Å². The summed E-state index contributed by atoms with van der Waals surface area (Å²) < 4.78 is 32.2. The van der Waals surface area contributed by atoms with Gasteiger partial charge in [0.05, 0.1) is 0 Å². The van der Waals surface area contributed by atoms with Crippen LogP contribution in [0.15, 0.2) is 0 Å². The van der Waals surface area contributed by atoms with Crippen molar-refractivity contribution in [2.75, 3.05) is 62.3 Å². The van der Waals surface area contributed by atoms with E-state index in [1.807, 2.05) is 0 Å². The van der Waals surface area contributed by atoms with Crippen LogP contribution < -0.4 is 0 Å². The van der Waals surface area contributed by atoms with Gasteiger partial charge in [0.25, 0.3) is 11.9 Å². The molecule has 7 heteroatoms. The Kier molecular flexibility index (Phi) is 27.4. The molecular formula is C33H69NO6. The Morgan fingerprint density at radius 3 is 0.850 bits per heavy atom. The second-order valence-corrected chi connectivity index (χ2v) is 11.3. The van der Waals surface area contributed by atoms with E-state index in [2.05, 4.69) is 11.8 Å². The van der Waals surface area contributed by atoms with Gasteiger partial charge in [-0.05, 0) is 51.7 Å². The van der Waals surface area contributed by atoms with Crippen molar-refractivity contribution in [1.29, 1.82) is 0 Å². The number of unbranched alkanes of at least 4 members (excludes halogenated alkanes) is 16. The van der Waals surface area contributed by atoms with Crippen LogP contribution in [0, 0.1) is 0 Å². The first kappa shape index (κ1) is 39.7. The lowest BCUT2D eigenvalue weighted by molar-refractivity contribution is -0.355. The van der Waals surface area contributed by atoms with E-state index >= 15 is 0 Å². The van der Waals surface area contributed by atoms with Crippen LogP contribution in [0.25, 0.3) is 0 Å². The summed E-state index contributed by atoms with van der Waals surface area (Å²) in [5, 5.41) is 0. The maximum absolute atomic E-state index is 5.36. The summed E-state index contributed by atoms with van der Waals surface area (Å²) in [6.45, 7) is 6.13. The number of methoxy groups -OCH3 is 6. The van der Waals surface area contributed by atoms with Crippen molar-refractivity contribution in [3.63, 3.8) is 0 Å². The molecule has 0 rings (SSSR count). The predicted octanol–water partition coefficient (Wildman–Crippen LogP) is 8.69. The number of nitrogens with zero attached hydrogens (tertiary/aromatic N) is 1. The fraction of sp³-hybridized carbons (Fsp3) is 1.00. The Hall–Kier alpha value is -0.280. The molecule has 0 aromatic heterocycles. The molecule has 0 spiro atoms. The van der Waals surface area contributed by atoms with Crippen LogP contribution in [0.2, 0.25) is 0 Å². The first-order valence-corrected chi connectivity index (χ1v) is 16.5. The SMILES string of the molecule is CCCN(CCCCCCCCCCCC(OC)(OC)OC)CCCCCCCCCCCC(OC)(OC)OC. The van der Waals surface area contributed by atoms with Gasteiger partial charge in [0.15, 0.2) is 0 Å². The highest BCUT2D eigenvalue weighted by molar-refractivity contribution is 4.60. The van der Waals surface area contributed by atoms with E-state index in [4.69, 9.17) is 28.4 Å². The summed E-state index contributed by atoms with van der Waals surface area (Å²) in [6, 6.07) is 0. The largest absolute Gasteiger partial charge is 0.331 e. The molecule has 242 valence electrons. The van der Waals surface area contributed by atoms with E-state index in [1.54, 1.807) is 42.7 Å². The molecule has 0 heterocycles. The van der Waals surface area contributed by atoms with Gasteiger partial charge >= 0.3 is 0 Å². The lowest BCUT2D eigenvalue weighted by Gasteiger charge is -2.28. The van der Waals surface area contributed by atoms with Gasteiger partial charge in [0, 0.05) is 55.5 Å². The first-order valence-electron chi connectivity index (χ1n) is 16.5. The summed E-state index contributed by atoms with van der Waals surface area (Å²) in [6.07, 6.45) is 26.3. The molecule has 0 aromatic rings. The summed E-state index contributed by atoms with van der Waals surface area (Å²) in [4.78, 5) is 2.71. The van der Waals surface area contributed by atoms with Gasteiger partial charge in [-0.25, -0.2) is 0 Å². The molecule has 0 aliphatic heterocycles. The van der Waals surface area contributed by atoms with Gasteiger partial charge in [-0.3, -0.25) is 0 Å². The Balaban J connectivity index is 3.62. The zero-order valence-electron chi connectivity index (χ0n) is 27.9. The van der Waals surface area contributed by atoms with Crippen molar-refractivity contribution >= 4 is 0 Å². The van der Waals surface area contributed by atoms with Crippen LogP contribution in [-0.2, 0) is 28.4 Å². The monoisotopic (exact) mass is 576 g/mol. The lowest BCUT2D eigenvalue weighted by Crippen LogP contribution is -2.35. The van der Waals surface area contributed by atoms with E-state index in [1.165, 1.54) is 129 Å². The summed E-state index contributed by atoms with van der Waals surface area (Å²) in [5.74, 6) is -1.72. The van der Waals surface area contributed by atoms with Crippen molar-refractivity contribution < 1.29 is 28.4 Å². The van der Waals surface area contributed by atoms with Crippen molar-refractivity contribution in [1.82, 2.24) is 4.90 Å². The van der Waals surface area contributed by atoms with E-state index in [0.29, 0.717) is 0 Å². The van der Waals surface area contributed by atoms with Crippen LogP contribution in [0.5, 0.6) is 0 Å². The fourth-order valence-electron chi connectivity index (χ4n) is 5.59. The first-order chi connectivity index (χ1) is 19.5. The molecule has 0 fully saturated rings. The van der Waals surface area contributed by atoms with Crippen LogP contribution in [0.4, 0.5) is 0 Å². The summed E-state index contributed by atoms with van der Waals surface area (Å²) >= 11 is 0. The Morgan fingerprint density at radius 2 is 0.600 bits per heavy atom. The average molecular weight is 576 g/mol. The van der Waals surface area contributed by atoms with E-state index in [0.717, 1.165) is 25.7 Å². The molecule has 0 atom stereocenters. The fourth-order valence-corrected chi connectivity index (χ4v) is 5.59. The minimum absolute atomic E-state index is 0.785. The molecule has 0 saturated carbocycles. The minimum Gasteiger partial charge on any atom is -0.331 e. The molecule has 40 heavy (non-hydrogen) atoms. The van der Waals surface area contributed by atoms with Gasteiger partial charge < -0.3 is 33.3 Å². The quantitative estimate of drug-likeness (QED) is 0.0587. The third kappa shape index (κ3) is 19.8. The summed E-state index contributed by atoms with van der Waals surface area (Å²) in [7, 11) is 9.84. The molecule has 0 amide bonds. The highest BCUT2D eigenvalue weighted by Gasteiger charge is 2.29. The molecule has 0 aromatic carbocycles. The van der Waals surface area contributed by atoms with Crippen molar-refractivity contribution in [3.05, 3.63) is 0 Å². The average Bonchev–Trinajstić information content (AvgIpc) is 2.99. The zero-order chi connectivity index (χ0) is 29.8. The normalized spacial score (nSPS) is 12.6. The topological polar surface area (TPSA) is 58.6 Å². The Bertz CT molecular complexity index is 455. The van der Waals surface area contributed by atoms with Crippen LogP contribution >= 0.6 is 0 Å². The highest BCUT2D eigenvalue weighted by Crippen LogP contribution is 2.22. The zero-order valence-corrected chi connectivity index (χ0v) is 27.9. The molecular weight excluding hydrogens is 506 g/mol. The smallest absolute Gasteiger partial charge is 0.282 e. The molecule has 0 radical (unpaired) electrons. The number of ether oxygens (including phenoxy) is 6. The van der Waals surface area contributed by atoms with Crippen molar-refractivity contribution in [2.45, 2.75) is 154 Å². The second kappa shape index (κ2) is 27.5. The molecule has 0 N–H and O–H groups in total. The molecule has 0 unspecified atom stereocenters. The third-order valence-corrected chi connectivity index (χ3v) is 8.32. The van der Waals surface area contributed by atoms with Gasteiger partial charge in [0.2, 0.25) is 0 Å². The molecule has 0 saturated heterocycles. The predicted molar refractivity (Wildman–Crippen MR) is 167 cm³/mol. The van der Waals surface area contributed by atoms with E-state index in [9.17, 15) is 0 Å². The van der Waals surface area contributed by atoms with Crippen LogP contribution in [0.1, 0.15) is 142 Å². The maximum Gasteiger partial charge on any atom is 0.282 e.